The number of fused-ring (bicyclic) bond motifs is 1. The highest BCUT2D eigenvalue weighted by Gasteiger charge is 2.49. The zero-order valence-electron chi connectivity index (χ0n) is 16.5. The number of piperidine rings is 1. The number of nitrogens with zero attached hydrogens (tertiary/aromatic N) is 2. The number of ether oxygens (including phenoxy) is 2. The number of carbonyl (C=O) groups excluding carboxylic acids is 1. The fourth-order valence-corrected chi connectivity index (χ4v) is 5.11. The fourth-order valence-electron chi connectivity index (χ4n) is 5.11. The van der Waals surface area contributed by atoms with Crippen molar-refractivity contribution in [2.24, 2.45) is 0 Å². The van der Waals surface area contributed by atoms with Gasteiger partial charge in [0.25, 0.3) is 5.91 Å². The van der Waals surface area contributed by atoms with Gasteiger partial charge in [0.15, 0.2) is 17.1 Å². The highest BCUT2D eigenvalue weighted by atomic mass is 16.5. The summed E-state index contributed by atoms with van der Waals surface area (Å²) in [6.07, 6.45) is 6.07. The molecule has 1 aromatic carbocycles. The summed E-state index contributed by atoms with van der Waals surface area (Å²) in [6.45, 7) is 4.59. The molecule has 0 unspecified atom stereocenters. The fraction of sp³-hybridized carbons (Fsp3) is 0.591. The van der Waals surface area contributed by atoms with Gasteiger partial charge >= 0.3 is 0 Å². The standard InChI is InChI=1S/C22H28N2O4/c1-26-18-7-2-5-16-13-19(28-20(16)18)21(25)23-10-4-8-22(15-23)9-11-24(22)14-17-6-3-12-27-17/h2,5,7,13,17H,3-4,6,8-12,14-15H2,1H3/t17-,22-/m1/s1. The molecule has 5 rings (SSSR count). The van der Waals surface area contributed by atoms with Crippen LogP contribution in [0, 0.1) is 0 Å². The van der Waals surface area contributed by atoms with E-state index in [9.17, 15) is 4.79 Å². The second kappa shape index (κ2) is 7.08. The highest BCUT2D eigenvalue weighted by Crippen LogP contribution is 2.40. The number of hydrogen-bond donors (Lipinski definition) is 0. The van der Waals surface area contributed by atoms with E-state index in [-0.39, 0.29) is 11.4 Å². The lowest BCUT2D eigenvalue weighted by atomic mass is 9.77. The Bertz CT molecular complexity index is 873. The molecule has 1 amide bonds. The Kier molecular flexibility index (Phi) is 4.56. The maximum absolute atomic E-state index is 13.2. The van der Waals surface area contributed by atoms with E-state index < -0.39 is 0 Å². The van der Waals surface area contributed by atoms with Crippen LogP contribution in [0.2, 0.25) is 0 Å². The molecule has 4 heterocycles. The van der Waals surface area contributed by atoms with Crippen LogP contribution in [0.3, 0.4) is 0 Å². The van der Waals surface area contributed by atoms with Crippen molar-refractivity contribution in [3.05, 3.63) is 30.0 Å². The molecule has 6 nitrogen and oxygen atoms in total. The molecule has 0 N–H and O–H groups in total. The number of furan rings is 1. The Morgan fingerprint density at radius 2 is 2.21 bits per heavy atom. The first-order valence-corrected chi connectivity index (χ1v) is 10.4. The molecular formula is C22H28N2O4. The summed E-state index contributed by atoms with van der Waals surface area (Å²) in [4.78, 5) is 17.7. The van der Waals surface area contributed by atoms with Crippen molar-refractivity contribution in [2.45, 2.75) is 43.7 Å². The third-order valence-electron chi connectivity index (χ3n) is 6.75. The first kappa shape index (κ1) is 18.0. The number of amides is 1. The van der Waals surface area contributed by atoms with Gasteiger partial charge in [-0.05, 0) is 44.2 Å². The van der Waals surface area contributed by atoms with Crippen molar-refractivity contribution < 1.29 is 18.7 Å². The lowest BCUT2D eigenvalue weighted by Crippen LogP contribution is -2.68. The third kappa shape index (κ3) is 2.99. The summed E-state index contributed by atoms with van der Waals surface area (Å²) < 4.78 is 17.1. The van der Waals surface area contributed by atoms with Crippen LogP contribution < -0.4 is 4.74 Å². The minimum Gasteiger partial charge on any atom is -0.493 e. The van der Waals surface area contributed by atoms with Gasteiger partial charge in [0.1, 0.15) is 0 Å². The van der Waals surface area contributed by atoms with Gasteiger partial charge in [0.05, 0.1) is 13.2 Å². The van der Waals surface area contributed by atoms with Crippen molar-refractivity contribution in [1.82, 2.24) is 9.80 Å². The van der Waals surface area contributed by atoms with Gasteiger partial charge in [-0.3, -0.25) is 9.69 Å². The van der Waals surface area contributed by atoms with Gasteiger partial charge < -0.3 is 18.8 Å². The van der Waals surface area contributed by atoms with Crippen LogP contribution in [0.1, 0.15) is 42.7 Å². The molecule has 3 saturated heterocycles. The first-order valence-electron chi connectivity index (χ1n) is 10.4. The number of para-hydroxylation sites is 1. The van der Waals surface area contributed by atoms with Crippen LogP contribution in [0.15, 0.2) is 28.7 Å². The Morgan fingerprint density at radius 1 is 1.29 bits per heavy atom. The van der Waals surface area contributed by atoms with Gasteiger partial charge in [-0.2, -0.15) is 0 Å². The van der Waals surface area contributed by atoms with Gasteiger partial charge in [-0.15, -0.1) is 0 Å². The van der Waals surface area contributed by atoms with E-state index in [1.165, 1.54) is 6.42 Å². The molecule has 0 bridgehead atoms. The summed E-state index contributed by atoms with van der Waals surface area (Å²) in [6, 6.07) is 7.56. The van der Waals surface area contributed by atoms with Crippen LogP contribution in [-0.4, -0.2) is 67.2 Å². The molecule has 3 fully saturated rings. The summed E-state index contributed by atoms with van der Waals surface area (Å²) >= 11 is 0. The summed E-state index contributed by atoms with van der Waals surface area (Å²) in [5, 5.41) is 0.901. The maximum Gasteiger partial charge on any atom is 0.289 e. The Morgan fingerprint density at radius 3 is 2.96 bits per heavy atom. The molecular weight excluding hydrogens is 356 g/mol. The SMILES string of the molecule is COc1cccc2cc(C(=O)N3CCC[C@@]4(CCN4C[C@H]4CCCO4)C3)oc12. The molecule has 3 aliphatic rings. The van der Waals surface area contributed by atoms with E-state index in [1.807, 2.05) is 29.2 Å². The van der Waals surface area contributed by atoms with Crippen LogP contribution in [0.25, 0.3) is 11.0 Å². The number of hydrogen-bond acceptors (Lipinski definition) is 5. The number of rotatable bonds is 4. The van der Waals surface area contributed by atoms with Gasteiger partial charge in [0.2, 0.25) is 0 Å². The Hall–Kier alpha value is -2.05. The Labute approximate surface area is 165 Å². The molecule has 0 saturated carbocycles. The van der Waals surface area contributed by atoms with Gasteiger partial charge in [0, 0.05) is 43.7 Å². The number of methoxy groups -OCH3 is 1. The van der Waals surface area contributed by atoms with Crippen LogP contribution in [0.5, 0.6) is 5.75 Å². The third-order valence-corrected chi connectivity index (χ3v) is 6.75. The molecule has 3 aliphatic heterocycles. The normalized spacial score (nSPS) is 28.0. The van der Waals surface area contributed by atoms with Crippen LogP contribution >= 0.6 is 0 Å². The highest BCUT2D eigenvalue weighted by molar-refractivity contribution is 5.97. The second-order valence-electron chi connectivity index (χ2n) is 8.37. The van der Waals surface area contributed by atoms with E-state index in [0.717, 1.165) is 63.9 Å². The van der Waals surface area contributed by atoms with Crippen molar-refractivity contribution in [3.63, 3.8) is 0 Å². The lowest BCUT2D eigenvalue weighted by molar-refractivity contribution is -0.0809. The van der Waals surface area contributed by atoms with Crippen molar-refractivity contribution in [3.8, 4) is 5.75 Å². The molecule has 2 atom stereocenters. The molecule has 28 heavy (non-hydrogen) atoms. The topological polar surface area (TPSA) is 55.2 Å². The average molecular weight is 384 g/mol. The van der Waals surface area contributed by atoms with Crippen molar-refractivity contribution in [2.75, 3.05) is 39.9 Å². The zero-order valence-corrected chi connectivity index (χ0v) is 16.5. The summed E-state index contributed by atoms with van der Waals surface area (Å²) in [5.74, 6) is 1.05. The predicted octanol–water partition coefficient (Wildman–Crippen LogP) is 3.30. The lowest BCUT2D eigenvalue weighted by Gasteiger charge is -2.57. The minimum atomic E-state index is -0.0127. The summed E-state index contributed by atoms with van der Waals surface area (Å²) in [5.41, 5.74) is 0.771. The number of carbonyl (C=O) groups is 1. The van der Waals surface area contributed by atoms with E-state index >= 15 is 0 Å². The van der Waals surface area contributed by atoms with Gasteiger partial charge in [-0.25, -0.2) is 0 Å². The minimum absolute atomic E-state index is 0.0127. The molecule has 0 radical (unpaired) electrons. The van der Waals surface area contributed by atoms with E-state index in [4.69, 9.17) is 13.9 Å². The van der Waals surface area contributed by atoms with E-state index in [2.05, 4.69) is 4.90 Å². The Balaban J connectivity index is 1.33. The zero-order chi connectivity index (χ0) is 19.1. The molecule has 0 aliphatic carbocycles. The number of benzene rings is 1. The van der Waals surface area contributed by atoms with Crippen LogP contribution in [-0.2, 0) is 4.74 Å². The molecule has 1 spiro atoms. The molecule has 2 aromatic rings. The monoisotopic (exact) mass is 384 g/mol. The van der Waals surface area contributed by atoms with Gasteiger partial charge in [-0.1, -0.05) is 12.1 Å². The quantitative estimate of drug-likeness (QED) is 0.810. The predicted molar refractivity (Wildman–Crippen MR) is 106 cm³/mol. The molecule has 6 heteroatoms. The number of likely N-dealkylation sites (tertiary alicyclic amines) is 2. The molecule has 1 aromatic heterocycles. The van der Waals surface area contributed by atoms with E-state index in [1.54, 1.807) is 7.11 Å². The second-order valence-corrected chi connectivity index (χ2v) is 8.37. The first-order chi connectivity index (χ1) is 13.7. The van der Waals surface area contributed by atoms with E-state index in [0.29, 0.717) is 23.2 Å². The van der Waals surface area contributed by atoms with Crippen LogP contribution in [0.4, 0.5) is 0 Å². The largest absolute Gasteiger partial charge is 0.493 e. The molecule has 150 valence electrons. The smallest absolute Gasteiger partial charge is 0.289 e. The van der Waals surface area contributed by atoms with Crippen molar-refractivity contribution in [1.29, 1.82) is 0 Å². The van der Waals surface area contributed by atoms with Crippen molar-refractivity contribution >= 4 is 16.9 Å². The maximum atomic E-state index is 13.2. The average Bonchev–Trinajstić information content (AvgIpc) is 3.40. The summed E-state index contributed by atoms with van der Waals surface area (Å²) in [7, 11) is 1.62.